The van der Waals surface area contributed by atoms with Crippen LogP contribution in [-0.4, -0.2) is 36.2 Å². The van der Waals surface area contributed by atoms with Crippen molar-refractivity contribution < 1.29 is 28.7 Å². The number of ketones is 1. The van der Waals surface area contributed by atoms with Crippen LogP contribution in [0.3, 0.4) is 0 Å². The molecule has 0 bridgehead atoms. The van der Waals surface area contributed by atoms with Crippen LogP contribution >= 0.6 is 15.9 Å². The Morgan fingerprint density at radius 2 is 1.75 bits per heavy atom. The van der Waals surface area contributed by atoms with Crippen LogP contribution in [0.4, 0.5) is 5.82 Å². The van der Waals surface area contributed by atoms with E-state index in [-0.39, 0.29) is 17.2 Å². The average Bonchev–Trinajstić information content (AvgIpc) is 3.34. The van der Waals surface area contributed by atoms with Crippen molar-refractivity contribution in [3.05, 3.63) is 75.5 Å². The first-order valence-electron chi connectivity index (χ1n) is 9.58. The molecule has 2 heterocycles. The summed E-state index contributed by atoms with van der Waals surface area (Å²) in [6.07, 6.45) is 0. The van der Waals surface area contributed by atoms with Gasteiger partial charge in [0.15, 0.2) is 17.3 Å². The number of hydrogen-bond acceptors (Lipinski definition) is 7. The van der Waals surface area contributed by atoms with Crippen molar-refractivity contribution in [3.8, 4) is 11.5 Å². The van der Waals surface area contributed by atoms with Gasteiger partial charge >= 0.3 is 5.91 Å². The van der Waals surface area contributed by atoms with E-state index in [1.54, 1.807) is 55.5 Å². The zero-order chi connectivity index (χ0) is 23.0. The van der Waals surface area contributed by atoms with Crippen molar-refractivity contribution in [2.45, 2.75) is 13.0 Å². The molecule has 0 unspecified atom stereocenters. The van der Waals surface area contributed by atoms with Crippen LogP contribution in [0.5, 0.6) is 11.5 Å². The molecule has 1 aliphatic heterocycles. The molecule has 1 saturated heterocycles. The number of nitrogens with zero attached hydrogens (tertiary/aromatic N) is 2. The molecule has 0 spiro atoms. The minimum Gasteiger partial charge on any atom is -0.507 e. The Bertz CT molecular complexity index is 1230. The van der Waals surface area contributed by atoms with Crippen molar-refractivity contribution in [2.24, 2.45) is 0 Å². The summed E-state index contributed by atoms with van der Waals surface area (Å²) in [5.74, 6) is -0.468. The molecule has 1 fully saturated rings. The topological polar surface area (TPSA) is 102 Å². The van der Waals surface area contributed by atoms with E-state index in [0.717, 1.165) is 4.47 Å². The smallest absolute Gasteiger partial charge is 0.301 e. The Balaban J connectivity index is 1.93. The van der Waals surface area contributed by atoms with Crippen LogP contribution in [0, 0.1) is 6.92 Å². The second-order valence-corrected chi connectivity index (χ2v) is 8.00. The highest BCUT2D eigenvalue weighted by molar-refractivity contribution is 9.10. The molecule has 1 atom stereocenters. The lowest BCUT2D eigenvalue weighted by Gasteiger charge is -2.23. The number of carbonyl (C=O) groups is 2. The quantitative estimate of drug-likeness (QED) is 0.316. The number of aromatic nitrogens is 1. The molecule has 1 aromatic heterocycles. The van der Waals surface area contributed by atoms with Gasteiger partial charge in [0.1, 0.15) is 11.5 Å². The lowest BCUT2D eigenvalue weighted by atomic mass is 9.95. The largest absolute Gasteiger partial charge is 0.507 e. The summed E-state index contributed by atoms with van der Waals surface area (Å²) in [4.78, 5) is 27.4. The van der Waals surface area contributed by atoms with E-state index in [1.165, 1.54) is 19.1 Å². The van der Waals surface area contributed by atoms with Crippen molar-refractivity contribution in [3.63, 3.8) is 0 Å². The van der Waals surface area contributed by atoms with E-state index < -0.39 is 17.7 Å². The van der Waals surface area contributed by atoms with E-state index in [4.69, 9.17) is 14.0 Å². The number of benzene rings is 2. The molecule has 1 N–H and O–H groups in total. The minimum absolute atomic E-state index is 0.0646. The number of rotatable bonds is 5. The minimum atomic E-state index is -0.902. The Hall–Kier alpha value is -3.59. The number of hydrogen-bond donors (Lipinski definition) is 1. The second kappa shape index (κ2) is 8.51. The monoisotopic (exact) mass is 498 g/mol. The fraction of sp³-hybridized carbons (Fsp3) is 0.174. The summed E-state index contributed by atoms with van der Waals surface area (Å²) in [7, 11) is 2.96. The van der Waals surface area contributed by atoms with Gasteiger partial charge in [-0.2, -0.15) is 0 Å². The normalized spacial score (nSPS) is 17.6. The van der Waals surface area contributed by atoms with Gasteiger partial charge in [-0.05, 0) is 42.8 Å². The number of anilines is 1. The van der Waals surface area contributed by atoms with E-state index in [1.807, 2.05) is 0 Å². The molecule has 0 saturated carbocycles. The zero-order valence-corrected chi connectivity index (χ0v) is 19.0. The van der Waals surface area contributed by atoms with Gasteiger partial charge in [-0.3, -0.25) is 14.5 Å². The fourth-order valence-electron chi connectivity index (χ4n) is 3.64. The van der Waals surface area contributed by atoms with Crippen LogP contribution in [0.15, 0.2) is 63.1 Å². The molecule has 4 rings (SSSR count). The van der Waals surface area contributed by atoms with Gasteiger partial charge in [0, 0.05) is 16.1 Å². The summed E-state index contributed by atoms with van der Waals surface area (Å²) >= 11 is 3.39. The van der Waals surface area contributed by atoms with Gasteiger partial charge in [-0.25, -0.2) is 0 Å². The molecular weight excluding hydrogens is 480 g/mol. The highest BCUT2D eigenvalue weighted by Crippen LogP contribution is 2.43. The Labute approximate surface area is 192 Å². The summed E-state index contributed by atoms with van der Waals surface area (Å²) in [5.41, 5.74) is 0.861. The lowest BCUT2D eigenvalue weighted by molar-refractivity contribution is -0.132. The zero-order valence-electron chi connectivity index (χ0n) is 17.5. The number of carbonyl (C=O) groups excluding carboxylic acids is 2. The molecule has 1 amide bonds. The van der Waals surface area contributed by atoms with Crippen molar-refractivity contribution >= 4 is 39.2 Å². The Morgan fingerprint density at radius 1 is 1.06 bits per heavy atom. The SMILES string of the molecule is COc1ccc(/C(O)=C2\C(=O)C(=O)N(c3cc(C)on3)[C@H]2c2ccc(Br)cc2)cc1OC. The fourth-order valence-corrected chi connectivity index (χ4v) is 3.90. The van der Waals surface area contributed by atoms with Crippen molar-refractivity contribution in [1.82, 2.24) is 5.16 Å². The summed E-state index contributed by atoms with van der Waals surface area (Å²) in [5, 5.41) is 15.1. The number of halogens is 1. The van der Waals surface area contributed by atoms with Gasteiger partial charge < -0.3 is 19.1 Å². The van der Waals surface area contributed by atoms with Gasteiger partial charge in [-0.15, -0.1) is 0 Å². The standard InChI is InChI=1S/C23H19BrN2O6/c1-12-10-18(25-32-12)26-20(13-4-7-15(24)8-5-13)19(22(28)23(26)29)21(27)14-6-9-16(30-2)17(11-14)31-3/h4-11,20,27H,1-3H3/b21-19+/t20-/m0/s1. The maximum Gasteiger partial charge on any atom is 0.301 e. The molecule has 3 aromatic rings. The first kappa shape index (κ1) is 21.6. The summed E-state index contributed by atoms with van der Waals surface area (Å²) < 4.78 is 16.5. The van der Waals surface area contributed by atoms with E-state index in [9.17, 15) is 14.7 Å². The second-order valence-electron chi connectivity index (χ2n) is 7.09. The van der Waals surface area contributed by atoms with Crippen LogP contribution in [0.2, 0.25) is 0 Å². The molecule has 8 nitrogen and oxygen atoms in total. The molecular formula is C23H19BrN2O6. The number of ether oxygens (including phenoxy) is 2. The van der Waals surface area contributed by atoms with Crippen molar-refractivity contribution in [2.75, 3.05) is 19.1 Å². The number of aryl methyl sites for hydroxylation is 1. The average molecular weight is 499 g/mol. The summed E-state index contributed by atoms with van der Waals surface area (Å²) in [6, 6.07) is 12.5. The molecule has 1 aliphatic rings. The van der Waals surface area contributed by atoms with Gasteiger partial charge in [0.2, 0.25) is 0 Å². The van der Waals surface area contributed by atoms with Gasteiger partial charge in [0.05, 0.1) is 25.8 Å². The van der Waals surface area contributed by atoms with Crippen LogP contribution in [0.1, 0.15) is 22.9 Å². The van der Waals surface area contributed by atoms with E-state index in [2.05, 4.69) is 21.1 Å². The predicted molar refractivity (Wildman–Crippen MR) is 120 cm³/mol. The first-order chi connectivity index (χ1) is 15.3. The van der Waals surface area contributed by atoms with Crippen LogP contribution in [-0.2, 0) is 9.59 Å². The third-order valence-corrected chi connectivity index (χ3v) is 5.68. The number of methoxy groups -OCH3 is 2. The lowest BCUT2D eigenvalue weighted by Crippen LogP contribution is -2.29. The van der Waals surface area contributed by atoms with Crippen molar-refractivity contribution in [1.29, 1.82) is 0 Å². The van der Waals surface area contributed by atoms with E-state index >= 15 is 0 Å². The van der Waals surface area contributed by atoms with Crippen LogP contribution in [0.25, 0.3) is 5.76 Å². The number of aliphatic hydroxyl groups excluding tert-OH is 1. The number of amides is 1. The molecule has 32 heavy (non-hydrogen) atoms. The highest BCUT2D eigenvalue weighted by atomic mass is 79.9. The molecule has 2 aromatic carbocycles. The molecule has 0 radical (unpaired) electrons. The van der Waals surface area contributed by atoms with Gasteiger partial charge in [0.25, 0.3) is 5.78 Å². The molecule has 164 valence electrons. The third-order valence-electron chi connectivity index (χ3n) is 5.15. The maximum atomic E-state index is 13.1. The number of aliphatic hydroxyl groups is 1. The van der Waals surface area contributed by atoms with Gasteiger partial charge in [-0.1, -0.05) is 33.2 Å². The Morgan fingerprint density at radius 3 is 2.34 bits per heavy atom. The highest BCUT2D eigenvalue weighted by Gasteiger charge is 2.48. The predicted octanol–water partition coefficient (Wildman–Crippen LogP) is 4.39. The molecule has 0 aliphatic carbocycles. The maximum absolute atomic E-state index is 13.1. The first-order valence-corrected chi connectivity index (χ1v) is 10.4. The molecule has 9 heteroatoms. The van der Waals surface area contributed by atoms with Crippen LogP contribution < -0.4 is 14.4 Å². The Kier molecular flexibility index (Phi) is 5.75. The summed E-state index contributed by atoms with van der Waals surface area (Å²) in [6.45, 7) is 1.69. The third kappa shape index (κ3) is 3.64. The number of Topliss-reactive ketones (excluding diaryl/α,β-unsaturated/α-hetero) is 1. The van der Waals surface area contributed by atoms with E-state index in [0.29, 0.717) is 28.4 Å².